The Hall–Kier alpha value is -1.84. The van der Waals surface area contributed by atoms with Crippen molar-refractivity contribution in [3.8, 4) is 0 Å². The van der Waals surface area contributed by atoms with Gasteiger partial charge in [0.15, 0.2) is 0 Å². The van der Waals surface area contributed by atoms with E-state index in [9.17, 15) is 9.59 Å². The van der Waals surface area contributed by atoms with Crippen LogP contribution in [0.1, 0.15) is 38.7 Å². The van der Waals surface area contributed by atoms with E-state index in [0.717, 1.165) is 12.8 Å². The van der Waals surface area contributed by atoms with Crippen LogP contribution in [0.5, 0.6) is 0 Å². The van der Waals surface area contributed by atoms with E-state index in [4.69, 9.17) is 5.11 Å². The maximum Gasteiger partial charge on any atom is 0.326 e. The molecule has 1 aromatic rings. The number of rotatable bonds is 8. The Morgan fingerprint density at radius 1 is 1.20 bits per heavy atom. The third kappa shape index (κ3) is 6.36. The van der Waals surface area contributed by atoms with Crippen LogP contribution in [0.25, 0.3) is 0 Å². The van der Waals surface area contributed by atoms with E-state index in [1.165, 1.54) is 5.56 Å². The second-order valence-corrected chi connectivity index (χ2v) is 5.43. The van der Waals surface area contributed by atoms with Gasteiger partial charge < -0.3 is 10.4 Å². The minimum absolute atomic E-state index is 0.186. The Morgan fingerprint density at radius 2 is 1.85 bits per heavy atom. The molecular formula is C16H23NO3. The lowest BCUT2D eigenvalue weighted by atomic mass is 10.0. The number of aryl methyl sites for hydroxylation is 1. The molecule has 0 saturated carbocycles. The van der Waals surface area contributed by atoms with E-state index < -0.39 is 12.0 Å². The lowest BCUT2D eigenvalue weighted by Gasteiger charge is -2.16. The first-order chi connectivity index (χ1) is 9.49. The normalized spacial score (nSPS) is 12.2. The van der Waals surface area contributed by atoms with Crippen molar-refractivity contribution in [1.29, 1.82) is 0 Å². The predicted octanol–water partition coefficient (Wildman–Crippen LogP) is 2.62. The van der Waals surface area contributed by atoms with Gasteiger partial charge in [0.05, 0.1) is 0 Å². The second kappa shape index (κ2) is 8.35. The largest absolute Gasteiger partial charge is 0.480 e. The first-order valence-corrected chi connectivity index (χ1v) is 7.05. The van der Waals surface area contributed by atoms with Gasteiger partial charge in [-0.2, -0.15) is 0 Å². The van der Waals surface area contributed by atoms with E-state index in [1.807, 2.05) is 44.2 Å². The molecule has 0 aromatic heterocycles. The van der Waals surface area contributed by atoms with Gasteiger partial charge >= 0.3 is 5.97 Å². The van der Waals surface area contributed by atoms with Gasteiger partial charge in [-0.3, -0.25) is 4.79 Å². The maximum absolute atomic E-state index is 11.8. The van der Waals surface area contributed by atoms with Crippen molar-refractivity contribution in [2.75, 3.05) is 0 Å². The molecule has 1 unspecified atom stereocenters. The number of aliphatic carboxylic acids is 1. The lowest BCUT2D eigenvalue weighted by molar-refractivity contribution is -0.142. The highest BCUT2D eigenvalue weighted by Gasteiger charge is 2.20. The molecule has 1 atom stereocenters. The van der Waals surface area contributed by atoms with E-state index in [2.05, 4.69) is 5.32 Å². The van der Waals surface area contributed by atoms with Crippen LogP contribution in [0, 0.1) is 5.92 Å². The first kappa shape index (κ1) is 16.2. The minimum atomic E-state index is -0.963. The average molecular weight is 277 g/mol. The fourth-order valence-electron chi connectivity index (χ4n) is 2.06. The van der Waals surface area contributed by atoms with Crippen molar-refractivity contribution in [3.63, 3.8) is 0 Å². The molecule has 4 nitrogen and oxygen atoms in total. The smallest absolute Gasteiger partial charge is 0.326 e. The molecule has 2 N–H and O–H groups in total. The topological polar surface area (TPSA) is 66.4 Å². The average Bonchev–Trinajstić information content (AvgIpc) is 2.38. The lowest BCUT2D eigenvalue weighted by Crippen LogP contribution is -2.41. The van der Waals surface area contributed by atoms with Crippen LogP contribution in [-0.4, -0.2) is 23.0 Å². The Balaban J connectivity index is 2.33. The molecule has 110 valence electrons. The van der Waals surface area contributed by atoms with Gasteiger partial charge in [-0.15, -0.1) is 0 Å². The molecule has 4 heteroatoms. The van der Waals surface area contributed by atoms with Crippen LogP contribution >= 0.6 is 0 Å². The molecular weight excluding hydrogens is 254 g/mol. The van der Waals surface area contributed by atoms with Crippen LogP contribution in [-0.2, 0) is 16.0 Å². The number of carbonyl (C=O) groups is 2. The molecule has 0 saturated heterocycles. The predicted molar refractivity (Wildman–Crippen MR) is 78.4 cm³/mol. The summed E-state index contributed by atoms with van der Waals surface area (Å²) in [6, 6.07) is 9.17. The van der Waals surface area contributed by atoms with Gasteiger partial charge in [-0.25, -0.2) is 4.79 Å². The zero-order valence-electron chi connectivity index (χ0n) is 12.1. The third-order valence-electron chi connectivity index (χ3n) is 3.05. The summed E-state index contributed by atoms with van der Waals surface area (Å²) in [4.78, 5) is 22.8. The Morgan fingerprint density at radius 3 is 2.40 bits per heavy atom. The molecule has 1 amide bonds. The molecule has 1 aromatic carbocycles. The zero-order chi connectivity index (χ0) is 15.0. The van der Waals surface area contributed by atoms with Gasteiger partial charge in [0.25, 0.3) is 0 Å². The van der Waals surface area contributed by atoms with Crippen LogP contribution in [0.2, 0.25) is 0 Å². The molecule has 0 fully saturated rings. The van der Waals surface area contributed by atoms with E-state index in [-0.39, 0.29) is 11.8 Å². The summed E-state index contributed by atoms with van der Waals surface area (Å²) < 4.78 is 0. The van der Waals surface area contributed by atoms with E-state index in [1.54, 1.807) is 0 Å². The van der Waals surface area contributed by atoms with Gasteiger partial charge in [-0.05, 0) is 30.7 Å². The summed E-state index contributed by atoms with van der Waals surface area (Å²) in [6.45, 7) is 3.88. The summed E-state index contributed by atoms with van der Waals surface area (Å²) in [5.74, 6) is -0.912. The molecule has 1 rings (SSSR count). The summed E-state index contributed by atoms with van der Waals surface area (Å²) in [5.41, 5.74) is 1.19. The van der Waals surface area contributed by atoms with E-state index in [0.29, 0.717) is 12.8 Å². The zero-order valence-corrected chi connectivity index (χ0v) is 12.1. The van der Waals surface area contributed by atoms with Crippen LogP contribution in [0.4, 0.5) is 0 Å². The van der Waals surface area contributed by atoms with Crippen molar-refractivity contribution in [2.45, 2.75) is 45.6 Å². The monoisotopic (exact) mass is 277 g/mol. The third-order valence-corrected chi connectivity index (χ3v) is 3.05. The second-order valence-electron chi connectivity index (χ2n) is 5.43. The highest BCUT2D eigenvalue weighted by molar-refractivity contribution is 5.83. The number of carboxylic acids is 1. The maximum atomic E-state index is 11.8. The summed E-state index contributed by atoms with van der Waals surface area (Å²) >= 11 is 0. The fourth-order valence-corrected chi connectivity index (χ4v) is 2.06. The number of carbonyl (C=O) groups excluding carboxylic acids is 1. The quantitative estimate of drug-likeness (QED) is 0.767. The number of amides is 1. The van der Waals surface area contributed by atoms with Crippen molar-refractivity contribution in [2.24, 2.45) is 5.92 Å². The van der Waals surface area contributed by atoms with Gasteiger partial charge in [0.2, 0.25) is 5.91 Å². The summed E-state index contributed by atoms with van der Waals surface area (Å²) in [7, 11) is 0. The van der Waals surface area contributed by atoms with Crippen LogP contribution in [0.15, 0.2) is 30.3 Å². The molecule has 0 aliphatic carbocycles. The van der Waals surface area contributed by atoms with Crippen LogP contribution < -0.4 is 5.32 Å². The van der Waals surface area contributed by atoms with E-state index >= 15 is 0 Å². The summed E-state index contributed by atoms with van der Waals surface area (Å²) in [6.07, 6.45) is 2.37. The highest BCUT2D eigenvalue weighted by Crippen LogP contribution is 2.07. The number of hydrogen-bond acceptors (Lipinski definition) is 2. The van der Waals surface area contributed by atoms with Gasteiger partial charge in [0.1, 0.15) is 6.04 Å². The number of nitrogens with one attached hydrogen (secondary N) is 1. The Kier molecular flexibility index (Phi) is 6.77. The van der Waals surface area contributed by atoms with Gasteiger partial charge in [0, 0.05) is 6.42 Å². The number of carboxylic acid groups (broad SMARTS) is 1. The van der Waals surface area contributed by atoms with Crippen molar-refractivity contribution in [1.82, 2.24) is 5.32 Å². The van der Waals surface area contributed by atoms with Crippen molar-refractivity contribution >= 4 is 11.9 Å². The fraction of sp³-hybridized carbons (Fsp3) is 0.500. The number of hydrogen-bond donors (Lipinski definition) is 2. The van der Waals surface area contributed by atoms with Gasteiger partial charge in [-0.1, -0.05) is 44.2 Å². The molecule has 0 aliphatic rings. The molecule has 0 aliphatic heterocycles. The first-order valence-electron chi connectivity index (χ1n) is 7.05. The summed E-state index contributed by atoms with van der Waals surface area (Å²) in [5, 5.41) is 11.7. The SMILES string of the molecule is CC(C)CC(NC(=O)CCCc1ccccc1)C(=O)O. The Labute approximate surface area is 120 Å². The molecule has 0 bridgehead atoms. The number of benzene rings is 1. The van der Waals surface area contributed by atoms with Crippen LogP contribution in [0.3, 0.4) is 0 Å². The molecule has 0 spiro atoms. The minimum Gasteiger partial charge on any atom is -0.480 e. The molecule has 0 radical (unpaired) electrons. The molecule has 0 heterocycles. The Bertz CT molecular complexity index is 429. The highest BCUT2D eigenvalue weighted by atomic mass is 16.4. The molecule has 20 heavy (non-hydrogen) atoms. The standard InChI is InChI=1S/C16H23NO3/c1-12(2)11-14(16(19)20)17-15(18)10-6-9-13-7-4-3-5-8-13/h3-5,7-8,12,14H,6,9-11H2,1-2H3,(H,17,18)(H,19,20). The van der Waals surface area contributed by atoms with Crippen molar-refractivity contribution < 1.29 is 14.7 Å². The van der Waals surface area contributed by atoms with Crippen molar-refractivity contribution in [3.05, 3.63) is 35.9 Å².